The first-order valence-corrected chi connectivity index (χ1v) is 8.17. The zero-order valence-electron chi connectivity index (χ0n) is 13.4. The molecule has 2 bridgehead atoms. The first-order valence-electron chi connectivity index (χ1n) is 8.17. The van der Waals surface area contributed by atoms with Gasteiger partial charge >= 0.3 is 5.97 Å². The van der Waals surface area contributed by atoms with Gasteiger partial charge in [-0.2, -0.15) is 0 Å². The summed E-state index contributed by atoms with van der Waals surface area (Å²) in [6.07, 6.45) is 4.63. The summed E-state index contributed by atoms with van der Waals surface area (Å²) in [5, 5.41) is 21.6. The lowest BCUT2D eigenvalue weighted by Gasteiger charge is -2.34. The summed E-state index contributed by atoms with van der Waals surface area (Å²) >= 11 is 0. The molecule has 0 aromatic heterocycles. The van der Waals surface area contributed by atoms with Crippen molar-refractivity contribution in [1.82, 2.24) is 5.32 Å². The molecule has 2 aliphatic rings. The Kier molecular flexibility index (Phi) is 5.12. The second-order valence-corrected chi connectivity index (χ2v) is 7.50. The molecular weight excluding hydrogens is 284 g/mol. The zero-order valence-corrected chi connectivity index (χ0v) is 13.4. The number of aliphatic hydroxyl groups is 1. The van der Waals surface area contributed by atoms with Crippen LogP contribution in [0.25, 0.3) is 0 Å². The molecule has 2 saturated carbocycles. The van der Waals surface area contributed by atoms with Gasteiger partial charge in [-0.05, 0) is 56.3 Å². The molecule has 0 aromatic carbocycles. The van der Waals surface area contributed by atoms with Gasteiger partial charge in [-0.1, -0.05) is 6.92 Å². The van der Waals surface area contributed by atoms with E-state index < -0.39 is 36.5 Å². The lowest BCUT2D eigenvalue weighted by atomic mass is 9.73. The number of carboxylic acid groups (broad SMARTS) is 1. The third kappa shape index (κ3) is 3.79. The van der Waals surface area contributed by atoms with Crippen molar-refractivity contribution in [3.63, 3.8) is 0 Å². The van der Waals surface area contributed by atoms with Gasteiger partial charge in [0.1, 0.15) is 0 Å². The van der Waals surface area contributed by atoms with Crippen LogP contribution in [0, 0.1) is 17.3 Å². The van der Waals surface area contributed by atoms with E-state index in [-0.39, 0.29) is 0 Å². The van der Waals surface area contributed by atoms with E-state index >= 15 is 0 Å². The van der Waals surface area contributed by atoms with Crippen molar-refractivity contribution < 1.29 is 19.8 Å². The molecule has 1 unspecified atom stereocenters. The Labute approximate surface area is 131 Å². The highest BCUT2D eigenvalue weighted by Crippen LogP contribution is 2.58. The van der Waals surface area contributed by atoms with Gasteiger partial charge in [0.05, 0.1) is 24.6 Å². The van der Waals surface area contributed by atoms with E-state index in [1.807, 2.05) is 0 Å². The number of amides is 1. The van der Waals surface area contributed by atoms with Gasteiger partial charge in [0.15, 0.2) is 0 Å². The normalized spacial score (nSPS) is 34.2. The molecule has 0 heterocycles. The molecule has 0 spiro atoms. The van der Waals surface area contributed by atoms with E-state index in [0.717, 1.165) is 5.92 Å². The summed E-state index contributed by atoms with van der Waals surface area (Å²) in [5.41, 5.74) is 5.87. The van der Waals surface area contributed by atoms with Gasteiger partial charge in [0.2, 0.25) is 5.91 Å². The fourth-order valence-electron chi connectivity index (χ4n) is 4.24. The molecule has 0 saturated heterocycles. The van der Waals surface area contributed by atoms with Crippen LogP contribution >= 0.6 is 0 Å². The van der Waals surface area contributed by atoms with Gasteiger partial charge in [0, 0.05) is 0 Å². The van der Waals surface area contributed by atoms with Gasteiger partial charge in [-0.3, -0.25) is 9.59 Å². The molecule has 6 nitrogen and oxygen atoms in total. The SMILES string of the molecule is C[C@@H](NC(=O)[C@@H](N)CC(=O)O)[C@H](O)C[C@@H]1CC2CC[C@@]1(C)C2. The van der Waals surface area contributed by atoms with E-state index in [0.29, 0.717) is 17.8 Å². The van der Waals surface area contributed by atoms with E-state index in [1.165, 1.54) is 25.7 Å². The topological polar surface area (TPSA) is 113 Å². The summed E-state index contributed by atoms with van der Waals surface area (Å²) in [7, 11) is 0. The van der Waals surface area contributed by atoms with Crippen molar-refractivity contribution in [2.24, 2.45) is 23.0 Å². The van der Waals surface area contributed by atoms with Gasteiger partial charge in [-0.25, -0.2) is 0 Å². The minimum Gasteiger partial charge on any atom is -0.481 e. The lowest BCUT2D eigenvalue weighted by molar-refractivity contribution is -0.139. The van der Waals surface area contributed by atoms with Crippen LogP contribution in [0.2, 0.25) is 0 Å². The second kappa shape index (κ2) is 6.54. The van der Waals surface area contributed by atoms with Crippen molar-refractivity contribution >= 4 is 11.9 Å². The number of carboxylic acids is 1. The number of carbonyl (C=O) groups is 2. The molecule has 2 aliphatic carbocycles. The summed E-state index contributed by atoms with van der Waals surface area (Å²) in [4.78, 5) is 22.4. The Morgan fingerprint density at radius 1 is 1.45 bits per heavy atom. The largest absolute Gasteiger partial charge is 0.481 e. The summed E-state index contributed by atoms with van der Waals surface area (Å²) in [6, 6.07) is -1.50. The van der Waals surface area contributed by atoms with Gasteiger partial charge in [-0.15, -0.1) is 0 Å². The number of carbonyl (C=O) groups excluding carboxylic acids is 1. The maximum absolute atomic E-state index is 11.8. The highest BCUT2D eigenvalue weighted by atomic mass is 16.4. The number of aliphatic hydroxyl groups excluding tert-OH is 1. The molecule has 5 N–H and O–H groups in total. The first-order chi connectivity index (χ1) is 10.2. The highest BCUT2D eigenvalue weighted by molar-refractivity contribution is 5.86. The number of fused-ring (bicyclic) bond motifs is 2. The number of hydrogen-bond donors (Lipinski definition) is 4. The molecule has 2 rings (SSSR count). The third-order valence-electron chi connectivity index (χ3n) is 5.69. The van der Waals surface area contributed by atoms with Crippen molar-refractivity contribution in [2.45, 2.75) is 70.6 Å². The number of aliphatic carboxylic acids is 1. The van der Waals surface area contributed by atoms with Crippen molar-refractivity contribution in [3.05, 3.63) is 0 Å². The maximum Gasteiger partial charge on any atom is 0.305 e. The standard InChI is InChI=1S/C16H28N2O4/c1-9(18-15(22)12(17)7-14(20)21)13(19)6-11-5-10-3-4-16(11,2)8-10/h9-13,19H,3-8,17H2,1-2H3,(H,18,22)(H,20,21)/t9-,10?,11+,12+,13-,16+/m1/s1. The molecule has 0 radical (unpaired) electrons. The summed E-state index contributed by atoms with van der Waals surface area (Å²) < 4.78 is 0. The van der Waals surface area contributed by atoms with E-state index in [4.69, 9.17) is 10.8 Å². The Balaban J connectivity index is 1.81. The molecule has 2 fully saturated rings. The Morgan fingerprint density at radius 3 is 2.64 bits per heavy atom. The molecule has 0 aliphatic heterocycles. The molecule has 0 aromatic rings. The number of hydrogen-bond acceptors (Lipinski definition) is 4. The van der Waals surface area contributed by atoms with Gasteiger partial charge < -0.3 is 21.3 Å². The minimum atomic E-state index is -1.11. The van der Waals surface area contributed by atoms with Crippen LogP contribution in [0.15, 0.2) is 0 Å². The van der Waals surface area contributed by atoms with Crippen LogP contribution in [0.1, 0.15) is 52.4 Å². The highest BCUT2D eigenvalue weighted by Gasteiger charge is 2.49. The zero-order chi connectivity index (χ0) is 16.5. The smallest absolute Gasteiger partial charge is 0.305 e. The monoisotopic (exact) mass is 312 g/mol. The molecule has 1 amide bonds. The number of nitrogens with one attached hydrogen (secondary N) is 1. The summed E-state index contributed by atoms with van der Waals surface area (Å²) in [5.74, 6) is -0.316. The molecule has 22 heavy (non-hydrogen) atoms. The molecule has 6 atom stereocenters. The Morgan fingerprint density at radius 2 is 2.14 bits per heavy atom. The number of rotatable bonds is 7. The minimum absolute atomic E-state index is 0.342. The predicted molar refractivity (Wildman–Crippen MR) is 82.0 cm³/mol. The lowest BCUT2D eigenvalue weighted by Crippen LogP contribution is -2.49. The average Bonchev–Trinajstić information content (AvgIpc) is 2.92. The van der Waals surface area contributed by atoms with Crippen LogP contribution in [-0.4, -0.2) is 40.3 Å². The van der Waals surface area contributed by atoms with Crippen LogP contribution < -0.4 is 11.1 Å². The van der Waals surface area contributed by atoms with Gasteiger partial charge in [0.25, 0.3) is 0 Å². The predicted octanol–water partition coefficient (Wildman–Crippen LogP) is 0.870. The van der Waals surface area contributed by atoms with Crippen molar-refractivity contribution in [3.8, 4) is 0 Å². The Hall–Kier alpha value is -1.14. The van der Waals surface area contributed by atoms with E-state index in [2.05, 4.69) is 12.2 Å². The van der Waals surface area contributed by atoms with E-state index in [1.54, 1.807) is 6.92 Å². The fraction of sp³-hybridized carbons (Fsp3) is 0.875. The van der Waals surface area contributed by atoms with Crippen molar-refractivity contribution in [2.75, 3.05) is 0 Å². The van der Waals surface area contributed by atoms with E-state index in [9.17, 15) is 14.7 Å². The molecular formula is C16H28N2O4. The van der Waals surface area contributed by atoms with Crippen LogP contribution in [0.4, 0.5) is 0 Å². The van der Waals surface area contributed by atoms with Crippen LogP contribution in [-0.2, 0) is 9.59 Å². The van der Waals surface area contributed by atoms with Crippen molar-refractivity contribution in [1.29, 1.82) is 0 Å². The average molecular weight is 312 g/mol. The van der Waals surface area contributed by atoms with Crippen LogP contribution in [0.5, 0.6) is 0 Å². The molecule has 6 heteroatoms. The molecule has 126 valence electrons. The number of nitrogens with two attached hydrogens (primary N) is 1. The third-order valence-corrected chi connectivity index (χ3v) is 5.69. The maximum atomic E-state index is 11.8. The summed E-state index contributed by atoms with van der Waals surface area (Å²) in [6.45, 7) is 4.05. The van der Waals surface area contributed by atoms with Crippen LogP contribution in [0.3, 0.4) is 0 Å². The quantitative estimate of drug-likeness (QED) is 0.557. The fourth-order valence-corrected chi connectivity index (χ4v) is 4.24. The second-order valence-electron chi connectivity index (χ2n) is 7.50. The Bertz CT molecular complexity index is 442. The first kappa shape index (κ1) is 17.2.